The quantitative estimate of drug-likeness (QED) is 0.783. The van der Waals surface area contributed by atoms with Crippen molar-refractivity contribution in [3.63, 3.8) is 0 Å². The maximum absolute atomic E-state index is 13.6. The predicted molar refractivity (Wildman–Crippen MR) is 60.8 cm³/mol. The van der Waals surface area contributed by atoms with Gasteiger partial charge in [-0.3, -0.25) is 4.90 Å². The topological polar surface area (TPSA) is 15.3 Å². The number of piperidine rings is 1. The number of alkyl halides is 2. The normalized spacial score (nSPS) is 40.1. The van der Waals surface area contributed by atoms with Gasteiger partial charge in [-0.25, -0.2) is 8.78 Å². The molecule has 0 aromatic heterocycles. The van der Waals surface area contributed by atoms with E-state index in [0.29, 0.717) is 6.42 Å². The molecule has 2 rings (SSSR count). The minimum Gasteiger partial charge on any atom is -0.316 e. The highest BCUT2D eigenvalue weighted by molar-refractivity contribution is 4.91. The minimum atomic E-state index is -2.50. The number of nitrogens with zero attached hydrogens (tertiary/aromatic N) is 1. The third kappa shape index (κ3) is 2.54. The summed E-state index contributed by atoms with van der Waals surface area (Å²) < 4.78 is 27.2. The fourth-order valence-corrected chi connectivity index (χ4v) is 2.80. The smallest absolute Gasteiger partial charge is 0.263 e. The van der Waals surface area contributed by atoms with Crippen LogP contribution in [-0.4, -0.2) is 43.5 Å². The molecule has 2 heterocycles. The third-order valence-electron chi connectivity index (χ3n) is 4.10. The van der Waals surface area contributed by atoms with Gasteiger partial charge in [0.2, 0.25) is 0 Å². The molecule has 16 heavy (non-hydrogen) atoms. The molecule has 2 nitrogen and oxygen atoms in total. The monoisotopic (exact) mass is 232 g/mol. The van der Waals surface area contributed by atoms with Gasteiger partial charge in [-0.05, 0) is 31.3 Å². The molecule has 0 bridgehead atoms. The van der Waals surface area contributed by atoms with Gasteiger partial charge in [0.25, 0.3) is 5.92 Å². The number of hydrogen-bond acceptors (Lipinski definition) is 2. The SMILES string of the molecule is CC1CCN(CC2(C)CCNC2)CC1(F)F. The molecule has 2 unspecified atom stereocenters. The Hall–Kier alpha value is -0.220. The van der Waals surface area contributed by atoms with Crippen molar-refractivity contribution in [1.82, 2.24) is 10.2 Å². The van der Waals surface area contributed by atoms with E-state index in [4.69, 9.17) is 0 Å². The van der Waals surface area contributed by atoms with Crippen molar-refractivity contribution in [3.8, 4) is 0 Å². The van der Waals surface area contributed by atoms with Crippen molar-refractivity contribution < 1.29 is 8.78 Å². The van der Waals surface area contributed by atoms with Crippen molar-refractivity contribution in [1.29, 1.82) is 0 Å². The molecule has 94 valence electrons. The van der Waals surface area contributed by atoms with Crippen LogP contribution in [0.2, 0.25) is 0 Å². The summed E-state index contributed by atoms with van der Waals surface area (Å²) in [6, 6.07) is 0. The zero-order valence-electron chi connectivity index (χ0n) is 10.2. The summed E-state index contributed by atoms with van der Waals surface area (Å²) >= 11 is 0. The van der Waals surface area contributed by atoms with Gasteiger partial charge in [0.1, 0.15) is 0 Å². The summed E-state index contributed by atoms with van der Waals surface area (Å²) in [6.45, 7) is 7.43. The van der Waals surface area contributed by atoms with Crippen LogP contribution in [0.1, 0.15) is 26.7 Å². The van der Waals surface area contributed by atoms with Crippen molar-refractivity contribution in [2.45, 2.75) is 32.6 Å². The second-order valence-electron chi connectivity index (χ2n) is 5.90. The fourth-order valence-electron chi connectivity index (χ4n) is 2.80. The molecule has 0 amide bonds. The van der Waals surface area contributed by atoms with Crippen LogP contribution in [0.5, 0.6) is 0 Å². The van der Waals surface area contributed by atoms with E-state index in [1.54, 1.807) is 6.92 Å². The molecule has 0 radical (unpaired) electrons. The lowest BCUT2D eigenvalue weighted by molar-refractivity contribution is -0.109. The molecule has 0 aliphatic carbocycles. The summed E-state index contributed by atoms with van der Waals surface area (Å²) in [4.78, 5) is 1.95. The molecule has 0 saturated carbocycles. The summed E-state index contributed by atoms with van der Waals surface area (Å²) in [5.41, 5.74) is 0.191. The van der Waals surface area contributed by atoms with Gasteiger partial charge in [0.05, 0.1) is 6.54 Å². The van der Waals surface area contributed by atoms with E-state index in [1.165, 1.54) is 0 Å². The maximum Gasteiger partial charge on any atom is 0.263 e. The minimum absolute atomic E-state index is 0.0518. The van der Waals surface area contributed by atoms with Crippen molar-refractivity contribution in [3.05, 3.63) is 0 Å². The second kappa shape index (κ2) is 4.22. The molecule has 0 aromatic rings. The Morgan fingerprint density at radius 2 is 2.19 bits per heavy atom. The Kier molecular flexibility index (Phi) is 3.23. The van der Waals surface area contributed by atoms with E-state index in [2.05, 4.69) is 12.2 Å². The summed E-state index contributed by atoms with van der Waals surface area (Å²) in [5, 5.41) is 3.32. The molecule has 4 heteroatoms. The van der Waals surface area contributed by atoms with Gasteiger partial charge in [-0.15, -0.1) is 0 Å². The fraction of sp³-hybridized carbons (Fsp3) is 1.00. The molecule has 2 saturated heterocycles. The molecule has 2 aliphatic rings. The van der Waals surface area contributed by atoms with Gasteiger partial charge in [0.15, 0.2) is 0 Å². The predicted octanol–water partition coefficient (Wildman–Crippen LogP) is 1.96. The number of nitrogens with one attached hydrogen (secondary N) is 1. The highest BCUT2D eigenvalue weighted by Gasteiger charge is 2.43. The van der Waals surface area contributed by atoms with Gasteiger partial charge >= 0.3 is 0 Å². The van der Waals surface area contributed by atoms with Crippen LogP contribution in [0.25, 0.3) is 0 Å². The summed E-state index contributed by atoms with van der Waals surface area (Å²) in [5.74, 6) is -2.96. The van der Waals surface area contributed by atoms with E-state index < -0.39 is 11.8 Å². The number of hydrogen-bond donors (Lipinski definition) is 1. The highest BCUT2D eigenvalue weighted by atomic mass is 19.3. The molecule has 0 aromatic carbocycles. The first-order valence-electron chi connectivity index (χ1n) is 6.22. The van der Waals surface area contributed by atoms with E-state index in [-0.39, 0.29) is 12.0 Å². The van der Waals surface area contributed by atoms with Crippen LogP contribution in [0.4, 0.5) is 8.78 Å². The summed E-state index contributed by atoms with van der Waals surface area (Å²) in [7, 11) is 0. The lowest BCUT2D eigenvalue weighted by Crippen LogP contribution is -2.50. The Balaban J connectivity index is 1.91. The average molecular weight is 232 g/mol. The molecule has 2 aliphatic heterocycles. The largest absolute Gasteiger partial charge is 0.316 e. The zero-order chi connectivity index (χ0) is 11.8. The van der Waals surface area contributed by atoms with Gasteiger partial charge in [-0.2, -0.15) is 0 Å². The Morgan fingerprint density at radius 1 is 1.44 bits per heavy atom. The van der Waals surface area contributed by atoms with Gasteiger partial charge in [-0.1, -0.05) is 13.8 Å². The average Bonchev–Trinajstić information content (AvgIpc) is 2.58. The van der Waals surface area contributed by atoms with Crippen LogP contribution < -0.4 is 5.32 Å². The lowest BCUT2D eigenvalue weighted by Gasteiger charge is -2.40. The highest BCUT2D eigenvalue weighted by Crippen LogP contribution is 2.34. The molecule has 2 fully saturated rings. The van der Waals surface area contributed by atoms with Gasteiger partial charge < -0.3 is 5.32 Å². The van der Waals surface area contributed by atoms with Crippen molar-refractivity contribution in [2.75, 3.05) is 32.7 Å². The number of rotatable bonds is 2. The van der Waals surface area contributed by atoms with Crippen molar-refractivity contribution >= 4 is 0 Å². The Labute approximate surface area is 96.4 Å². The maximum atomic E-state index is 13.6. The van der Waals surface area contributed by atoms with E-state index in [1.807, 2.05) is 4.90 Å². The standard InChI is InChI=1S/C12H22F2N2/c1-10-3-6-16(9-12(10,13)14)8-11(2)4-5-15-7-11/h10,15H,3-9H2,1-2H3. The first kappa shape index (κ1) is 12.2. The van der Waals surface area contributed by atoms with Crippen molar-refractivity contribution in [2.24, 2.45) is 11.3 Å². The van der Waals surface area contributed by atoms with E-state index >= 15 is 0 Å². The Bertz CT molecular complexity index is 249. The van der Waals surface area contributed by atoms with Gasteiger partial charge in [0, 0.05) is 19.0 Å². The van der Waals surface area contributed by atoms with Crippen LogP contribution >= 0.6 is 0 Å². The summed E-state index contributed by atoms with van der Waals surface area (Å²) in [6.07, 6.45) is 1.72. The molecular formula is C12H22F2N2. The number of likely N-dealkylation sites (tertiary alicyclic amines) is 1. The molecule has 2 atom stereocenters. The molecule has 0 spiro atoms. The van der Waals surface area contributed by atoms with E-state index in [0.717, 1.165) is 32.6 Å². The number of halogens is 2. The zero-order valence-corrected chi connectivity index (χ0v) is 10.2. The van der Waals surface area contributed by atoms with Crippen LogP contribution in [0, 0.1) is 11.3 Å². The lowest BCUT2D eigenvalue weighted by atomic mass is 9.87. The third-order valence-corrected chi connectivity index (χ3v) is 4.10. The molecular weight excluding hydrogens is 210 g/mol. The first-order chi connectivity index (χ1) is 7.41. The van der Waals surface area contributed by atoms with Crippen LogP contribution in [0.15, 0.2) is 0 Å². The van der Waals surface area contributed by atoms with E-state index in [9.17, 15) is 8.78 Å². The second-order valence-corrected chi connectivity index (χ2v) is 5.90. The Morgan fingerprint density at radius 3 is 2.75 bits per heavy atom. The molecule has 1 N–H and O–H groups in total. The van der Waals surface area contributed by atoms with Crippen LogP contribution in [0.3, 0.4) is 0 Å². The first-order valence-corrected chi connectivity index (χ1v) is 6.22. The van der Waals surface area contributed by atoms with Crippen LogP contribution in [-0.2, 0) is 0 Å².